The van der Waals surface area contributed by atoms with Crippen molar-refractivity contribution in [2.24, 2.45) is 0 Å². The van der Waals surface area contributed by atoms with Crippen molar-refractivity contribution in [3.05, 3.63) is 29.3 Å². The van der Waals surface area contributed by atoms with E-state index in [9.17, 15) is 4.79 Å². The molecule has 1 aromatic rings. The molecule has 4 heteroatoms. The van der Waals surface area contributed by atoms with Crippen molar-refractivity contribution in [1.82, 2.24) is 0 Å². The first kappa shape index (κ1) is 10.9. The van der Waals surface area contributed by atoms with E-state index in [1.165, 1.54) is 13.8 Å². The van der Waals surface area contributed by atoms with E-state index in [0.29, 0.717) is 10.8 Å². The van der Waals surface area contributed by atoms with Gasteiger partial charge in [-0.2, -0.15) is 0 Å². The van der Waals surface area contributed by atoms with Crippen molar-refractivity contribution in [2.75, 3.05) is 0 Å². The van der Waals surface area contributed by atoms with Gasteiger partial charge in [0.2, 0.25) is 0 Å². The molecule has 0 radical (unpaired) electrons. The second-order valence-electron chi connectivity index (χ2n) is 3.37. The fraction of sp³-hybridized carbons (Fsp3) is 0.300. The summed E-state index contributed by atoms with van der Waals surface area (Å²) < 4.78 is 5.26. The molecule has 0 atom stereocenters. The van der Waals surface area contributed by atoms with E-state index in [0.717, 1.165) is 0 Å². The van der Waals surface area contributed by atoms with Crippen LogP contribution >= 0.6 is 11.6 Å². The molecule has 1 N–H and O–H groups in total. The average molecular weight is 215 g/mol. The Hall–Kier alpha value is -1.22. The van der Waals surface area contributed by atoms with E-state index in [4.69, 9.17) is 21.4 Å². The molecule has 0 heterocycles. The fourth-order valence-corrected chi connectivity index (χ4v) is 1.05. The Balaban J connectivity index is 2.83. The number of benzene rings is 1. The minimum atomic E-state index is -1.25. The zero-order valence-corrected chi connectivity index (χ0v) is 8.71. The van der Waals surface area contributed by atoms with Gasteiger partial charge in [-0.1, -0.05) is 17.7 Å². The van der Waals surface area contributed by atoms with Gasteiger partial charge in [0.25, 0.3) is 0 Å². The fourth-order valence-electron chi connectivity index (χ4n) is 0.869. The Morgan fingerprint density at radius 1 is 1.50 bits per heavy atom. The van der Waals surface area contributed by atoms with Gasteiger partial charge in [-0.25, -0.2) is 4.79 Å². The van der Waals surface area contributed by atoms with Gasteiger partial charge in [0.15, 0.2) is 5.60 Å². The highest BCUT2D eigenvalue weighted by Crippen LogP contribution is 2.21. The molecule has 0 saturated heterocycles. The first-order valence-corrected chi connectivity index (χ1v) is 4.47. The van der Waals surface area contributed by atoms with Crippen LogP contribution in [0.4, 0.5) is 0 Å². The van der Waals surface area contributed by atoms with E-state index < -0.39 is 11.6 Å². The van der Waals surface area contributed by atoms with E-state index in [1.54, 1.807) is 24.3 Å². The molecule has 0 amide bonds. The SMILES string of the molecule is CC(C)(Oc1cccc(Cl)c1)C(=O)O. The third kappa shape index (κ3) is 2.64. The maximum Gasteiger partial charge on any atom is 0.347 e. The Bertz CT molecular complexity index is 347. The molecule has 0 spiro atoms. The van der Waals surface area contributed by atoms with Crippen molar-refractivity contribution in [3.63, 3.8) is 0 Å². The molecule has 1 rings (SSSR count). The lowest BCUT2D eigenvalue weighted by molar-refractivity contribution is -0.152. The van der Waals surface area contributed by atoms with Crippen LogP contribution in [0.25, 0.3) is 0 Å². The summed E-state index contributed by atoms with van der Waals surface area (Å²) >= 11 is 5.73. The van der Waals surface area contributed by atoms with Gasteiger partial charge in [-0.05, 0) is 32.0 Å². The predicted octanol–water partition coefficient (Wildman–Crippen LogP) is 2.58. The van der Waals surface area contributed by atoms with Crippen LogP contribution in [0.1, 0.15) is 13.8 Å². The third-order valence-corrected chi connectivity index (χ3v) is 1.92. The van der Waals surface area contributed by atoms with Gasteiger partial charge in [0.1, 0.15) is 5.75 Å². The Morgan fingerprint density at radius 3 is 2.64 bits per heavy atom. The number of halogens is 1. The number of carbonyl (C=O) groups is 1. The summed E-state index contributed by atoms with van der Waals surface area (Å²) in [6.07, 6.45) is 0. The second kappa shape index (κ2) is 3.88. The van der Waals surface area contributed by atoms with Crippen LogP contribution in [0.3, 0.4) is 0 Å². The highest BCUT2D eigenvalue weighted by Gasteiger charge is 2.29. The minimum absolute atomic E-state index is 0.449. The zero-order valence-electron chi connectivity index (χ0n) is 7.95. The summed E-state index contributed by atoms with van der Waals surface area (Å²) in [6.45, 7) is 2.96. The van der Waals surface area contributed by atoms with E-state index in [1.807, 2.05) is 0 Å². The third-order valence-electron chi connectivity index (χ3n) is 1.68. The molecule has 0 aromatic heterocycles. The molecule has 0 aliphatic rings. The quantitative estimate of drug-likeness (QED) is 0.841. The first-order chi connectivity index (χ1) is 6.42. The molecule has 0 bridgehead atoms. The van der Waals surface area contributed by atoms with E-state index >= 15 is 0 Å². The Morgan fingerprint density at radius 2 is 2.14 bits per heavy atom. The van der Waals surface area contributed by atoms with Gasteiger partial charge in [0, 0.05) is 5.02 Å². The first-order valence-electron chi connectivity index (χ1n) is 4.10. The van der Waals surface area contributed by atoms with Crippen molar-refractivity contribution in [2.45, 2.75) is 19.4 Å². The molecule has 0 aliphatic carbocycles. The minimum Gasteiger partial charge on any atom is -0.478 e. The summed E-state index contributed by atoms with van der Waals surface area (Å²) in [7, 11) is 0. The van der Waals surface area contributed by atoms with Gasteiger partial charge in [-0.3, -0.25) is 0 Å². The number of hydrogen-bond donors (Lipinski definition) is 1. The molecular weight excluding hydrogens is 204 g/mol. The molecule has 76 valence electrons. The number of carboxylic acid groups (broad SMARTS) is 1. The van der Waals surface area contributed by atoms with E-state index in [2.05, 4.69) is 0 Å². The standard InChI is InChI=1S/C10H11ClO3/c1-10(2,9(12)13)14-8-5-3-4-7(11)6-8/h3-6H,1-2H3,(H,12,13). The number of aliphatic carboxylic acids is 1. The molecule has 0 unspecified atom stereocenters. The summed E-state index contributed by atoms with van der Waals surface area (Å²) in [6, 6.07) is 6.64. The normalized spacial score (nSPS) is 11.1. The van der Waals surface area contributed by atoms with Gasteiger partial charge >= 0.3 is 5.97 Å². The van der Waals surface area contributed by atoms with Crippen LogP contribution in [0.15, 0.2) is 24.3 Å². The van der Waals surface area contributed by atoms with Crippen molar-refractivity contribution < 1.29 is 14.6 Å². The molecule has 3 nitrogen and oxygen atoms in total. The number of rotatable bonds is 3. The van der Waals surface area contributed by atoms with Crippen LogP contribution < -0.4 is 4.74 Å². The summed E-state index contributed by atoms with van der Waals surface area (Å²) in [5.74, 6) is -0.567. The number of ether oxygens (including phenoxy) is 1. The topological polar surface area (TPSA) is 46.5 Å². The monoisotopic (exact) mass is 214 g/mol. The lowest BCUT2D eigenvalue weighted by Gasteiger charge is -2.21. The van der Waals surface area contributed by atoms with Crippen LogP contribution in [-0.4, -0.2) is 16.7 Å². The van der Waals surface area contributed by atoms with Crippen molar-refractivity contribution >= 4 is 17.6 Å². The summed E-state index contributed by atoms with van der Waals surface area (Å²) in [5.41, 5.74) is -1.25. The molecule has 0 saturated carbocycles. The lowest BCUT2D eigenvalue weighted by Crippen LogP contribution is -2.37. The van der Waals surface area contributed by atoms with Crippen LogP contribution in [-0.2, 0) is 4.79 Å². The van der Waals surface area contributed by atoms with E-state index in [-0.39, 0.29) is 0 Å². The van der Waals surface area contributed by atoms with Crippen LogP contribution in [0, 0.1) is 0 Å². The largest absolute Gasteiger partial charge is 0.478 e. The smallest absolute Gasteiger partial charge is 0.347 e. The number of carboxylic acids is 1. The predicted molar refractivity (Wildman–Crippen MR) is 53.8 cm³/mol. The lowest BCUT2D eigenvalue weighted by atomic mass is 10.1. The maximum atomic E-state index is 10.8. The molecular formula is C10H11ClO3. The Kier molecular flexibility index (Phi) is 3.01. The average Bonchev–Trinajstić information content (AvgIpc) is 2.02. The summed E-state index contributed by atoms with van der Waals surface area (Å²) in [5, 5.41) is 9.33. The van der Waals surface area contributed by atoms with Crippen LogP contribution in [0.2, 0.25) is 5.02 Å². The zero-order chi connectivity index (χ0) is 10.8. The highest BCUT2D eigenvalue weighted by atomic mass is 35.5. The van der Waals surface area contributed by atoms with Gasteiger partial charge < -0.3 is 9.84 Å². The van der Waals surface area contributed by atoms with Crippen LogP contribution in [0.5, 0.6) is 5.75 Å². The Labute approximate surface area is 87.3 Å². The molecule has 14 heavy (non-hydrogen) atoms. The van der Waals surface area contributed by atoms with Crippen molar-refractivity contribution in [1.29, 1.82) is 0 Å². The summed E-state index contributed by atoms with van der Waals surface area (Å²) in [4.78, 5) is 10.8. The molecule has 0 aliphatic heterocycles. The maximum absolute atomic E-state index is 10.8. The van der Waals surface area contributed by atoms with Gasteiger partial charge in [-0.15, -0.1) is 0 Å². The highest BCUT2D eigenvalue weighted by molar-refractivity contribution is 6.30. The second-order valence-corrected chi connectivity index (χ2v) is 3.81. The molecule has 1 aromatic carbocycles. The number of hydrogen-bond acceptors (Lipinski definition) is 2. The van der Waals surface area contributed by atoms with Gasteiger partial charge in [0.05, 0.1) is 0 Å². The molecule has 0 fully saturated rings. The van der Waals surface area contributed by atoms with Crippen molar-refractivity contribution in [3.8, 4) is 5.75 Å².